The number of hydrogen-bond acceptors (Lipinski definition) is 6. The number of carbonyl (C=O) groups excluding carboxylic acids is 1. The first-order valence-electron chi connectivity index (χ1n) is 11.1. The zero-order valence-corrected chi connectivity index (χ0v) is 19.6. The van der Waals surface area contributed by atoms with Crippen LogP contribution in [0.15, 0.2) is 23.2 Å². The number of hydrogen-bond donors (Lipinski definition) is 2. The maximum absolute atomic E-state index is 12.0. The highest BCUT2D eigenvalue weighted by atomic mass is 16.5. The third-order valence-electron chi connectivity index (χ3n) is 5.24. The molecule has 0 bridgehead atoms. The zero-order valence-electron chi connectivity index (χ0n) is 19.6. The van der Waals surface area contributed by atoms with Gasteiger partial charge in [-0.25, -0.2) is 9.79 Å². The standard InChI is InChI=1S/C23H38N4O4/c1-6-24-23(26-16-19(13-17(2)3)27-9-11-31-12-10-27)25-15-18-7-8-21(29-4)20(14-18)22(28)30-5/h7-8,14,17,19H,6,9-13,15-16H2,1-5H3,(H2,24,25,26). The van der Waals surface area contributed by atoms with E-state index in [1.54, 1.807) is 12.1 Å². The highest BCUT2D eigenvalue weighted by Gasteiger charge is 2.22. The summed E-state index contributed by atoms with van der Waals surface area (Å²) in [4.78, 5) is 19.3. The molecule has 1 unspecified atom stereocenters. The molecule has 0 amide bonds. The Morgan fingerprint density at radius 3 is 2.58 bits per heavy atom. The first-order chi connectivity index (χ1) is 15.0. The number of rotatable bonds is 10. The summed E-state index contributed by atoms with van der Waals surface area (Å²) >= 11 is 0. The van der Waals surface area contributed by atoms with E-state index in [0.29, 0.717) is 29.8 Å². The molecule has 1 aliphatic rings. The summed E-state index contributed by atoms with van der Waals surface area (Å²) < 4.78 is 15.6. The summed E-state index contributed by atoms with van der Waals surface area (Å²) in [7, 11) is 2.90. The second kappa shape index (κ2) is 13.2. The summed E-state index contributed by atoms with van der Waals surface area (Å²) in [5.41, 5.74) is 1.31. The van der Waals surface area contributed by atoms with Gasteiger partial charge in [-0.05, 0) is 37.0 Å². The lowest BCUT2D eigenvalue weighted by molar-refractivity contribution is 0.0132. The van der Waals surface area contributed by atoms with Crippen LogP contribution in [0.2, 0.25) is 0 Å². The number of benzene rings is 1. The molecule has 2 rings (SSSR count). The Kier molecular flexibility index (Phi) is 10.6. The molecule has 1 aliphatic heterocycles. The van der Waals surface area contributed by atoms with Crippen LogP contribution in [0.25, 0.3) is 0 Å². The van der Waals surface area contributed by atoms with E-state index >= 15 is 0 Å². The molecule has 1 atom stereocenters. The third-order valence-corrected chi connectivity index (χ3v) is 5.24. The number of methoxy groups -OCH3 is 2. The summed E-state index contributed by atoms with van der Waals surface area (Å²) in [6.45, 7) is 12.1. The summed E-state index contributed by atoms with van der Waals surface area (Å²) in [5.74, 6) is 1.45. The lowest BCUT2D eigenvalue weighted by atomic mass is 10.0. The maximum Gasteiger partial charge on any atom is 0.341 e. The minimum atomic E-state index is -0.422. The summed E-state index contributed by atoms with van der Waals surface area (Å²) in [6.07, 6.45) is 1.12. The molecule has 0 spiro atoms. The van der Waals surface area contributed by atoms with Crippen molar-refractivity contribution in [2.75, 3.05) is 53.6 Å². The first kappa shape index (κ1) is 24.9. The molecule has 8 nitrogen and oxygen atoms in total. The highest BCUT2D eigenvalue weighted by Crippen LogP contribution is 2.21. The molecular weight excluding hydrogens is 396 g/mol. The minimum Gasteiger partial charge on any atom is -0.496 e. The predicted octanol–water partition coefficient (Wildman–Crippen LogP) is 2.28. The SMILES string of the molecule is CCNC(=NCc1ccc(OC)c(C(=O)OC)c1)NCC(CC(C)C)N1CCOCC1. The average Bonchev–Trinajstić information content (AvgIpc) is 2.79. The van der Waals surface area contributed by atoms with Crippen LogP contribution in [0.3, 0.4) is 0 Å². The molecule has 2 N–H and O–H groups in total. The van der Waals surface area contributed by atoms with Crippen molar-refractivity contribution in [2.24, 2.45) is 10.9 Å². The lowest BCUT2D eigenvalue weighted by Gasteiger charge is -2.35. The molecule has 0 aromatic heterocycles. The molecular formula is C23H38N4O4. The van der Waals surface area contributed by atoms with Gasteiger partial charge in [0.2, 0.25) is 0 Å². The molecule has 8 heteroatoms. The van der Waals surface area contributed by atoms with E-state index in [-0.39, 0.29) is 0 Å². The predicted molar refractivity (Wildman–Crippen MR) is 123 cm³/mol. The normalized spacial score (nSPS) is 16.1. The van der Waals surface area contributed by atoms with Gasteiger partial charge in [-0.3, -0.25) is 4.90 Å². The molecule has 1 fully saturated rings. The molecule has 31 heavy (non-hydrogen) atoms. The van der Waals surface area contributed by atoms with Gasteiger partial charge < -0.3 is 24.8 Å². The monoisotopic (exact) mass is 434 g/mol. The van der Waals surface area contributed by atoms with Crippen molar-refractivity contribution >= 4 is 11.9 Å². The maximum atomic E-state index is 12.0. The number of aliphatic imine (C=N–C) groups is 1. The van der Waals surface area contributed by atoms with Crippen LogP contribution in [0.4, 0.5) is 0 Å². The lowest BCUT2D eigenvalue weighted by Crippen LogP contribution is -2.51. The number of nitrogens with zero attached hydrogens (tertiary/aromatic N) is 2. The Morgan fingerprint density at radius 1 is 1.23 bits per heavy atom. The van der Waals surface area contributed by atoms with Crippen molar-refractivity contribution in [3.63, 3.8) is 0 Å². The Labute approximate surface area is 186 Å². The number of nitrogens with one attached hydrogen (secondary N) is 2. The quantitative estimate of drug-likeness (QED) is 0.332. The molecule has 174 valence electrons. The van der Waals surface area contributed by atoms with Crippen molar-refractivity contribution in [3.8, 4) is 5.75 Å². The van der Waals surface area contributed by atoms with E-state index in [4.69, 9.17) is 19.2 Å². The van der Waals surface area contributed by atoms with Gasteiger partial charge in [-0.1, -0.05) is 19.9 Å². The number of ether oxygens (including phenoxy) is 3. The second-order valence-electron chi connectivity index (χ2n) is 8.03. The van der Waals surface area contributed by atoms with Crippen LogP contribution in [-0.4, -0.2) is 76.5 Å². The molecule has 1 aromatic rings. The van der Waals surface area contributed by atoms with Crippen molar-refractivity contribution < 1.29 is 19.0 Å². The minimum absolute atomic E-state index is 0.403. The van der Waals surface area contributed by atoms with E-state index in [1.807, 2.05) is 13.0 Å². The van der Waals surface area contributed by atoms with Crippen LogP contribution in [0.5, 0.6) is 5.75 Å². The smallest absolute Gasteiger partial charge is 0.341 e. The van der Waals surface area contributed by atoms with E-state index in [9.17, 15) is 4.79 Å². The fourth-order valence-electron chi connectivity index (χ4n) is 3.70. The van der Waals surface area contributed by atoms with Gasteiger partial charge in [0.15, 0.2) is 5.96 Å². The van der Waals surface area contributed by atoms with Crippen LogP contribution < -0.4 is 15.4 Å². The Balaban J connectivity index is 2.07. The number of carbonyl (C=O) groups is 1. The Hall–Kier alpha value is -2.32. The van der Waals surface area contributed by atoms with E-state index in [1.165, 1.54) is 14.2 Å². The molecule has 0 radical (unpaired) electrons. The van der Waals surface area contributed by atoms with Crippen LogP contribution in [-0.2, 0) is 16.0 Å². The summed E-state index contributed by atoms with van der Waals surface area (Å²) in [6, 6.07) is 5.88. The van der Waals surface area contributed by atoms with Gasteiger partial charge in [0.1, 0.15) is 11.3 Å². The van der Waals surface area contributed by atoms with Gasteiger partial charge >= 0.3 is 5.97 Å². The average molecular weight is 435 g/mol. The van der Waals surface area contributed by atoms with E-state index in [2.05, 4.69) is 29.4 Å². The van der Waals surface area contributed by atoms with Gasteiger partial charge in [-0.2, -0.15) is 0 Å². The van der Waals surface area contributed by atoms with Gasteiger partial charge in [0, 0.05) is 32.2 Å². The van der Waals surface area contributed by atoms with E-state index < -0.39 is 5.97 Å². The number of guanidine groups is 1. The van der Waals surface area contributed by atoms with Gasteiger partial charge in [0.25, 0.3) is 0 Å². The molecule has 1 aromatic carbocycles. The zero-order chi connectivity index (χ0) is 22.6. The van der Waals surface area contributed by atoms with Crippen molar-refractivity contribution in [1.29, 1.82) is 0 Å². The van der Waals surface area contributed by atoms with Gasteiger partial charge in [-0.15, -0.1) is 0 Å². The largest absolute Gasteiger partial charge is 0.496 e. The van der Waals surface area contributed by atoms with Crippen molar-refractivity contribution in [2.45, 2.75) is 39.8 Å². The molecule has 0 aliphatic carbocycles. The molecule has 1 saturated heterocycles. The second-order valence-corrected chi connectivity index (χ2v) is 8.03. The fourth-order valence-corrected chi connectivity index (χ4v) is 3.70. The van der Waals surface area contributed by atoms with Crippen molar-refractivity contribution in [1.82, 2.24) is 15.5 Å². The first-order valence-corrected chi connectivity index (χ1v) is 11.1. The number of esters is 1. The van der Waals surface area contributed by atoms with Crippen LogP contribution >= 0.6 is 0 Å². The van der Waals surface area contributed by atoms with Gasteiger partial charge in [0.05, 0.1) is 34.0 Å². The highest BCUT2D eigenvalue weighted by molar-refractivity contribution is 5.92. The molecule has 0 saturated carbocycles. The summed E-state index contributed by atoms with van der Waals surface area (Å²) in [5, 5.41) is 6.82. The Bertz CT molecular complexity index is 718. The van der Waals surface area contributed by atoms with E-state index in [0.717, 1.165) is 57.3 Å². The topological polar surface area (TPSA) is 84.4 Å². The Morgan fingerprint density at radius 2 is 1.97 bits per heavy atom. The number of morpholine rings is 1. The van der Waals surface area contributed by atoms with Crippen molar-refractivity contribution in [3.05, 3.63) is 29.3 Å². The molecule has 1 heterocycles. The van der Waals surface area contributed by atoms with Crippen LogP contribution in [0.1, 0.15) is 43.1 Å². The fraction of sp³-hybridized carbons (Fsp3) is 0.652. The third kappa shape index (κ3) is 8.03. The van der Waals surface area contributed by atoms with Crippen LogP contribution in [0, 0.1) is 5.92 Å².